The number of amides is 1. The van der Waals surface area contributed by atoms with Crippen LogP contribution in [0.5, 0.6) is 11.5 Å². The summed E-state index contributed by atoms with van der Waals surface area (Å²) in [6, 6.07) is 12.2. The molecule has 0 saturated heterocycles. The SMILES string of the molecule is O=C(CCc1ccc(C(=O)O)cc1)NCc1ccc2c(c1)OCCCO2. The molecule has 2 N–H and O–H groups in total. The summed E-state index contributed by atoms with van der Waals surface area (Å²) < 4.78 is 11.2. The minimum Gasteiger partial charge on any atom is -0.490 e. The van der Waals surface area contributed by atoms with Crippen LogP contribution < -0.4 is 14.8 Å². The third kappa shape index (κ3) is 4.75. The normalized spacial score (nSPS) is 12.9. The zero-order chi connectivity index (χ0) is 18.4. The maximum atomic E-state index is 12.0. The summed E-state index contributed by atoms with van der Waals surface area (Å²) in [6.07, 6.45) is 1.76. The summed E-state index contributed by atoms with van der Waals surface area (Å²) in [5, 5.41) is 11.8. The molecule has 0 atom stereocenters. The van der Waals surface area contributed by atoms with Gasteiger partial charge in [0, 0.05) is 19.4 Å². The van der Waals surface area contributed by atoms with E-state index >= 15 is 0 Å². The molecule has 6 heteroatoms. The second-order valence-corrected chi connectivity index (χ2v) is 6.11. The minimum absolute atomic E-state index is 0.0561. The van der Waals surface area contributed by atoms with Crippen molar-refractivity contribution in [2.24, 2.45) is 0 Å². The molecule has 6 nitrogen and oxygen atoms in total. The molecule has 1 aliphatic heterocycles. The Balaban J connectivity index is 1.48. The number of fused-ring (bicyclic) bond motifs is 1. The number of carbonyl (C=O) groups excluding carboxylic acids is 1. The number of carboxylic acid groups (broad SMARTS) is 1. The smallest absolute Gasteiger partial charge is 0.335 e. The Bertz CT molecular complexity index is 785. The lowest BCUT2D eigenvalue weighted by Gasteiger charge is -2.10. The van der Waals surface area contributed by atoms with Gasteiger partial charge in [0.25, 0.3) is 0 Å². The van der Waals surface area contributed by atoms with E-state index in [1.807, 2.05) is 18.2 Å². The number of nitrogens with one attached hydrogen (secondary N) is 1. The average molecular weight is 355 g/mol. The van der Waals surface area contributed by atoms with E-state index in [-0.39, 0.29) is 11.5 Å². The van der Waals surface area contributed by atoms with Gasteiger partial charge in [0.15, 0.2) is 11.5 Å². The molecular formula is C20H21NO5. The Morgan fingerprint density at radius 2 is 1.65 bits per heavy atom. The van der Waals surface area contributed by atoms with Gasteiger partial charge in [0.2, 0.25) is 5.91 Å². The fourth-order valence-corrected chi connectivity index (χ4v) is 2.68. The molecule has 1 heterocycles. The van der Waals surface area contributed by atoms with Gasteiger partial charge in [-0.15, -0.1) is 0 Å². The highest BCUT2D eigenvalue weighted by Gasteiger charge is 2.11. The van der Waals surface area contributed by atoms with E-state index in [4.69, 9.17) is 14.6 Å². The quantitative estimate of drug-likeness (QED) is 0.832. The first-order chi connectivity index (χ1) is 12.6. The lowest BCUT2D eigenvalue weighted by atomic mass is 10.1. The second-order valence-electron chi connectivity index (χ2n) is 6.11. The summed E-state index contributed by atoms with van der Waals surface area (Å²) in [5.74, 6) is 0.444. The van der Waals surface area contributed by atoms with Crippen LogP contribution in [-0.4, -0.2) is 30.2 Å². The summed E-state index contributed by atoms with van der Waals surface area (Å²) in [6.45, 7) is 1.70. The van der Waals surface area contributed by atoms with E-state index in [2.05, 4.69) is 5.32 Å². The molecule has 0 spiro atoms. The number of aryl methyl sites for hydroxylation is 1. The zero-order valence-electron chi connectivity index (χ0n) is 14.4. The van der Waals surface area contributed by atoms with Crippen LogP contribution in [0.15, 0.2) is 42.5 Å². The van der Waals surface area contributed by atoms with Gasteiger partial charge in [0.05, 0.1) is 18.8 Å². The molecule has 2 aromatic carbocycles. The number of aromatic carboxylic acids is 1. The molecule has 0 unspecified atom stereocenters. The van der Waals surface area contributed by atoms with Crippen molar-refractivity contribution in [3.05, 3.63) is 59.2 Å². The van der Waals surface area contributed by atoms with Gasteiger partial charge >= 0.3 is 5.97 Å². The van der Waals surface area contributed by atoms with Gasteiger partial charge in [-0.3, -0.25) is 4.79 Å². The first-order valence-electron chi connectivity index (χ1n) is 8.59. The van der Waals surface area contributed by atoms with Crippen LogP contribution in [0.25, 0.3) is 0 Å². The summed E-state index contributed by atoms with van der Waals surface area (Å²) in [7, 11) is 0. The van der Waals surface area contributed by atoms with E-state index in [9.17, 15) is 9.59 Å². The van der Waals surface area contributed by atoms with E-state index < -0.39 is 5.97 Å². The molecule has 1 amide bonds. The highest BCUT2D eigenvalue weighted by molar-refractivity contribution is 5.87. The first-order valence-corrected chi connectivity index (χ1v) is 8.59. The van der Waals surface area contributed by atoms with Crippen molar-refractivity contribution in [3.63, 3.8) is 0 Å². The van der Waals surface area contributed by atoms with E-state index in [0.29, 0.717) is 38.3 Å². The van der Waals surface area contributed by atoms with Crippen molar-refractivity contribution in [3.8, 4) is 11.5 Å². The number of carbonyl (C=O) groups is 2. The topological polar surface area (TPSA) is 84.9 Å². The minimum atomic E-state index is -0.954. The third-order valence-electron chi connectivity index (χ3n) is 4.14. The molecule has 0 bridgehead atoms. The summed E-state index contributed by atoms with van der Waals surface area (Å²) in [4.78, 5) is 22.9. The van der Waals surface area contributed by atoms with Gasteiger partial charge in [-0.2, -0.15) is 0 Å². The Labute approximate surface area is 151 Å². The van der Waals surface area contributed by atoms with Crippen molar-refractivity contribution in [1.82, 2.24) is 5.32 Å². The predicted molar refractivity (Wildman–Crippen MR) is 95.6 cm³/mol. The number of hydrogen-bond donors (Lipinski definition) is 2. The van der Waals surface area contributed by atoms with Gasteiger partial charge in [-0.25, -0.2) is 4.79 Å². The number of hydrogen-bond acceptors (Lipinski definition) is 4. The highest BCUT2D eigenvalue weighted by atomic mass is 16.5. The molecular weight excluding hydrogens is 334 g/mol. The predicted octanol–water partition coefficient (Wildman–Crippen LogP) is 2.80. The Morgan fingerprint density at radius 1 is 0.962 bits per heavy atom. The maximum absolute atomic E-state index is 12.0. The zero-order valence-corrected chi connectivity index (χ0v) is 14.4. The average Bonchev–Trinajstić information content (AvgIpc) is 2.90. The lowest BCUT2D eigenvalue weighted by molar-refractivity contribution is -0.121. The van der Waals surface area contributed by atoms with Crippen molar-refractivity contribution in [1.29, 1.82) is 0 Å². The Kier molecular flexibility index (Phi) is 5.73. The molecule has 0 saturated carbocycles. The molecule has 3 rings (SSSR count). The standard InChI is InChI=1S/C20H21NO5/c22-19(9-5-14-2-6-16(7-3-14)20(23)24)21-13-15-4-8-17-18(12-15)26-11-1-10-25-17/h2-4,6-8,12H,1,5,9-11,13H2,(H,21,22)(H,23,24). The molecule has 0 radical (unpaired) electrons. The largest absolute Gasteiger partial charge is 0.490 e. The molecule has 2 aromatic rings. The van der Waals surface area contributed by atoms with Crippen LogP contribution in [0, 0.1) is 0 Å². The maximum Gasteiger partial charge on any atom is 0.335 e. The highest BCUT2D eigenvalue weighted by Crippen LogP contribution is 2.30. The van der Waals surface area contributed by atoms with Crippen LogP contribution in [0.3, 0.4) is 0 Å². The molecule has 0 aliphatic carbocycles. The number of benzene rings is 2. The van der Waals surface area contributed by atoms with Crippen LogP contribution in [0.1, 0.15) is 34.3 Å². The molecule has 136 valence electrons. The molecule has 0 fully saturated rings. The van der Waals surface area contributed by atoms with Crippen LogP contribution in [-0.2, 0) is 17.8 Å². The van der Waals surface area contributed by atoms with Crippen molar-refractivity contribution < 1.29 is 24.2 Å². The monoisotopic (exact) mass is 355 g/mol. The molecule has 0 aromatic heterocycles. The fourth-order valence-electron chi connectivity index (χ4n) is 2.68. The van der Waals surface area contributed by atoms with Crippen LogP contribution in [0.4, 0.5) is 0 Å². The number of ether oxygens (including phenoxy) is 2. The van der Waals surface area contributed by atoms with E-state index in [0.717, 1.165) is 23.3 Å². The van der Waals surface area contributed by atoms with Gasteiger partial charge < -0.3 is 19.9 Å². The van der Waals surface area contributed by atoms with E-state index in [1.54, 1.807) is 24.3 Å². The van der Waals surface area contributed by atoms with Gasteiger partial charge in [-0.1, -0.05) is 18.2 Å². The van der Waals surface area contributed by atoms with Crippen LogP contribution in [0.2, 0.25) is 0 Å². The Hall–Kier alpha value is -3.02. The van der Waals surface area contributed by atoms with Crippen molar-refractivity contribution in [2.45, 2.75) is 25.8 Å². The Morgan fingerprint density at radius 3 is 2.38 bits per heavy atom. The van der Waals surface area contributed by atoms with Gasteiger partial charge in [0.1, 0.15) is 0 Å². The second kappa shape index (κ2) is 8.38. The number of carboxylic acids is 1. The van der Waals surface area contributed by atoms with Crippen LogP contribution >= 0.6 is 0 Å². The lowest BCUT2D eigenvalue weighted by Crippen LogP contribution is -2.23. The fraction of sp³-hybridized carbons (Fsp3) is 0.300. The third-order valence-corrected chi connectivity index (χ3v) is 4.14. The molecule has 1 aliphatic rings. The van der Waals surface area contributed by atoms with Crippen molar-refractivity contribution >= 4 is 11.9 Å². The molecule has 26 heavy (non-hydrogen) atoms. The van der Waals surface area contributed by atoms with Gasteiger partial charge in [-0.05, 0) is 41.8 Å². The van der Waals surface area contributed by atoms with Crippen molar-refractivity contribution in [2.75, 3.05) is 13.2 Å². The number of rotatable bonds is 6. The van der Waals surface area contributed by atoms with E-state index in [1.165, 1.54) is 0 Å². The first kappa shape index (κ1) is 17.8. The summed E-state index contributed by atoms with van der Waals surface area (Å²) in [5.41, 5.74) is 2.13. The summed E-state index contributed by atoms with van der Waals surface area (Å²) >= 11 is 0.